The maximum absolute atomic E-state index is 9.88. The molecule has 1 heteroatoms. The van der Waals surface area contributed by atoms with Crippen molar-refractivity contribution in [3.63, 3.8) is 0 Å². The van der Waals surface area contributed by atoms with Crippen molar-refractivity contribution in [2.75, 3.05) is 0 Å². The first-order chi connectivity index (χ1) is 34.0. The van der Waals surface area contributed by atoms with Crippen LogP contribution in [-0.4, -0.2) is 0 Å². The number of hydrogen-bond acceptors (Lipinski definition) is 1. The van der Waals surface area contributed by atoms with Gasteiger partial charge in [0.1, 0.15) is 11.2 Å². The van der Waals surface area contributed by atoms with E-state index in [-0.39, 0.29) is 0 Å². The van der Waals surface area contributed by atoms with Gasteiger partial charge in [-0.05, 0) is 78.6 Å². The Labute approximate surface area is 301 Å². The number of fused-ring (bicyclic) bond motifs is 5. The van der Waals surface area contributed by atoms with Crippen LogP contribution in [0, 0.1) is 0 Å². The van der Waals surface area contributed by atoms with E-state index < -0.39 is 257 Å². The van der Waals surface area contributed by atoms with E-state index >= 15 is 0 Å². The molecule has 0 atom stereocenters. The van der Waals surface area contributed by atoms with Gasteiger partial charge < -0.3 is 4.42 Å². The average molecular weight is 601 g/mol. The van der Waals surface area contributed by atoms with Gasteiger partial charge in [-0.3, -0.25) is 0 Å². The monoisotopic (exact) mass is 600 g/mol. The fourth-order valence-electron chi connectivity index (χ4n) is 5.31. The van der Waals surface area contributed by atoms with Crippen molar-refractivity contribution < 1.29 is 42.8 Å². The Hall–Kier alpha value is -5.92. The third kappa shape index (κ3) is 4.09. The lowest BCUT2D eigenvalue weighted by Crippen LogP contribution is -1.93. The zero-order chi connectivity index (χ0) is 54.1. The predicted molar refractivity (Wildman–Crippen MR) is 190 cm³/mol. The molecule has 9 rings (SSSR count). The molecule has 45 heavy (non-hydrogen) atoms. The zero-order valence-corrected chi connectivity index (χ0v) is 22.4. The summed E-state index contributed by atoms with van der Waals surface area (Å²) < 4.78 is 256. The summed E-state index contributed by atoms with van der Waals surface area (Å²) >= 11 is 0. The summed E-state index contributed by atoms with van der Waals surface area (Å²) in [5, 5.41) is -4.34. The molecule has 0 radical (unpaired) electrons. The number of furan rings is 1. The Kier molecular flexibility index (Phi) is 2.32. The molecule has 0 aliphatic rings. The summed E-state index contributed by atoms with van der Waals surface area (Å²) in [6, 6.07) is -27.2. The predicted octanol–water partition coefficient (Wildman–Crippen LogP) is 12.6. The molecule has 0 bridgehead atoms. The van der Waals surface area contributed by atoms with Crippen LogP contribution in [0.1, 0.15) is 38.4 Å². The van der Waals surface area contributed by atoms with Crippen LogP contribution in [0.25, 0.3) is 88.0 Å². The Balaban J connectivity index is 1.67. The quantitative estimate of drug-likeness (QED) is 0.183. The molecular weight excluding hydrogens is 544 g/mol. The SMILES string of the molecule is [2H]c1c([2H])c([2H])c(-c2c([2H])c([2H])c3c(oc4c(-c5c([2H])c([2H])c([2H])c([2H])c5[2H])c(-c5c6c([2H])c([2H])c([2H])c([2H])c6c(-c6c([2H])c([2H])c([2H])c([2H])c6[2H])c6c([2H])c([2H])c([2H])c([2H])c56)c([2H])c([2H])c43)c2[2H])c([2H])c1[2H]. The van der Waals surface area contributed by atoms with Crippen LogP contribution in [0.3, 0.4) is 0 Å². The van der Waals surface area contributed by atoms with E-state index in [1.807, 2.05) is 0 Å². The lowest BCUT2D eigenvalue weighted by Gasteiger charge is -2.20. The van der Waals surface area contributed by atoms with Gasteiger partial charge in [0.2, 0.25) is 0 Å². The van der Waals surface area contributed by atoms with Crippen LogP contribution in [0.15, 0.2) is 174 Å². The summed E-state index contributed by atoms with van der Waals surface area (Å²) in [4.78, 5) is 0. The molecule has 0 fully saturated rings. The number of hydrogen-bond donors (Lipinski definition) is 0. The maximum Gasteiger partial charge on any atom is 0.143 e. The van der Waals surface area contributed by atoms with Gasteiger partial charge in [0, 0.05) is 16.3 Å². The molecule has 0 aliphatic heterocycles. The van der Waals surface area contributed by atoms with E-state index in [4.69, 9.17) is 29.1 Å². The largest absolute Gasteiger partial charge is 0.455 e. The van der Waals surface area contributed by atoms with Gasteiger partial charge in [0.15, 0.2) is 0 Å². The highest BCUT2D eigenvalue weighted by Crippen LogP contribution is 2.49. The highest BCUT2D eigenvalue weighted by molar-refractivity contribution is 6.24. The van der Waals surface area contributed by atoms with Crippen molar-refractivity contribution in [1.82, 2.24) is 0 Å². The van der Waals surface area contributed by atoms with E-state index in [2.05, 4.69) is 0 Å². The molecule has 1 aromatic heterocycles. The fraction of sp³-hybridized carbons (Fsp3) is 0. The summed E-state index contributed by atoms with van der Waals surface area (Å²) in [6.45, 7) is 0. The Morgan fingerprint density at radius 2 is 0.800 bits per heavy atom. The Morgan fingerprint density at radius 1 is 0.333 bits per heavy atom. The van der Waals surface area contributed by atoms with Crippen LogP contribution in [-0.2, 0) is 0 Å². The van der Waals surface area contributed by atoms with Crippen LogP contribution in [0.2, 0.25) is 0 Å². The van der Waals surface area contributed by atoms with Gasteiger partial charge in [0.05, 0.1) is 38.4 Å². The lowest BCUT2D eigenvalue weighted by atomic mass is 9.83. The lowest BCUT2D eigenvalue weighted by molar-refractivity contribution is 0.670. The Bertz CT molecular complexity index is 3950. The second-order valence-electron chi connectivity index (χ2n) is 9.51. The molecule has 0 N–H and O–H groups in total. The highest BCUT2D eigenvalue weighted by Gasteiger charge is 2.22. The van der Waals surface area contributed by atoms with Gasteiger partial charge in [-0.1, -0.05) is 151 Å². The molecule has 0 unspecified atom stereocenters. The minimum Gasteiger partial charge on any atom is -0.455 e. The van der Waals surface area contributed by atoms with Gasteiger partial charge in [-0.25, -0.2) is 0 Å². The molecule has 0 amide bonds. The normalized spacial score (nSPS) is 20.3. The fourth-order valence-corrected chi connectivity index (χ4v) is 5.31. The summed E-state index contributed by atoms with van der Waals surface area (Å²) in [5.41, 5.74) is -7.89. The van der Waals surface area contributed by atoms with E-state index in [1.165, 1.54) is 0 Å². The van der Waals surface area contributed by atoms with Crippen LogP contribution < -0.4 is 0 Å². The van der Waals surface area contributed by atoms with Crippen LogP contribution in [0.5, 0.6) is 0 Å². The van der Waals surface area contributed by atoms with Gasteiger partial charge in [0.25, 0.3) is 0 Å². The molecule has 0 spiro atoms. The van der Waals surface area contributed by atoms with Gasteiger partial charge >= 0.3 is 0 Å². The summed E-state index contributed by atoms with van der Waals surface area (Å²) in [5.74, 6) is 0. The van der Waals surface area contributed by atoms with Crippen LogP contribution in [0.4, 0.5) is 0 Å². The smallest absolute Gasteiger partial charge is 0.143 e. The first kappa shape index (κ1) is 10.1. The van der Waals surface area contributed by atoms with Crippen molar-refractivity contribution in [2.24, 2.45) is 0 Å². The standard InChI is InChI=1S/C44H28O/c1-4-14-29(15-5-1)32-24-25-33-38-26-27-39(42(31-18-8-3-9-19-31)44(38)45-40(33)28-32)43-36-22-12-10-20-34(36)41(30-16-6-2-7-17-30)35-21-11-13-23-37(35)43/h1-28H/i1D,2D,3D,4D,5D,6D,7D,8D,9D,10D,11D,12D,13D,14D,15D,16D,17D,18D,19D,20D,21D,22D,23D,24D,25D,26D,27D,28D. The molecule has 0 saturated carbocycles. The molecule has 210 valence electrons. The highest BCUT2D eigenvalue weighted by atomic mass is 16.3. The van der Waals surface area contributed by atoms with Crippen molar-refractivity contribution in [3.05, 3.63) is 169 Å². The van der Waals surface area contributed by atoms with Gasteiger partial charge in [-0.15, -0.1) is 0 Å². The topological polar surface area (TPSA) is 13.1 Å². The van der Waals surface area contributed by atoms with E-state index in [0.717, 1.165) is 0 Å². The second kappa shape index (κ2) is 10.4. The number of benzene rings is 8. The second-order valence-corrected chi connectivity index (χ2v) is 9.51. The average Bonchev–Trinajstić information content (AvgIpc) is 3.77. The summed E-state index contributed by atoms with van der Waals surface area (Å²) in [7, 11) is 0. The first-order valence-electron chi connectivity index (χ1n) is 27.2. The minimum atomic E-state index is -1.10. The number of rotatable bonds is 4. The van der Waals surface area contributed by atoms with Gasteiger partial charge in [-0.2, -0.15) is 0 Å². The molecule has 0 saturated heterocycles. The minimum absolute atomic E-state index is 0.602. The van der Waals surface area contributed by atoms with E-state index in [0.29, 0.717) is 0 Å². The van der Waals surface area contributed by atoms with Crippen molar-refractivity contribution in [1.29, 1.82) is 0 Å². The summed E-state index contributed by atoms with van der Waals surface area (Å²) in [6.07, 6.45) is 0. The van der Waals surface area contributed by atoms with E-state index in [9.17, 15) is 13.7 Å². The van der Waals surface area contributed by atoms with Crippen LogP contribution >= 0.6 is 0 Å². The molecule has 1 heterocycles. The Morgan fingerprint density at radius 3 is 1.38 bits per heavy atom. The molecule has 9 aromatic rings. The van der Waals surface area contributed by atoms with E-state index in [1.54, 1.807) is 0 Å². The first-order valence-corrected chi connectivity index (χ1v) is 13.2. The maximum atomic E-state index is 9.88. The molecular formula is C44H28O. The molecule has 0 aliphatic carbocycles. The molecule has 8 aromatic carbocycles. The zero-order valence-electron chi connectivity index (χ0n) is 50.4. The third-order valence-corrected chi connectivity index (χ3v) is 7.12. The third-order valence-electron chi connectivity index (χ3n) is 7.12. The molecule has 1 nitrogen and oxygen atoms in total. The van der Waals surface area contributed by atoms with Crippen molar-refractivity contribution in [2.45, 2.75) is 0 Å². The van der Waals surface area contributed by atoms with Crippen molar-refractivity contribution in [3.8, 4) is 44.5 Å². The van der Waals surface area contributed by atoms with Crippen molar-refractivity contribution >= 4 is 43.5 Å².